The highest BCUT2D eigenvalue weighted by molar-refractivity contribution is 9.09. The Morgan fingerprint density at radius 1 is 0.639 bits per heavy atom. The van der Waals surface area contributed by atoms with E-state index in [1.807, 2.05) is 0 Å². The van der Waals surface area contributed by atoms with Crippen molar-refractivity contribution in [2.24, 2.45) is 0 Å². The number of fused-ring (bicyclic) bond motifs is 3. The summed E-state index contributed by atoms with van der Waals surface area (Å²) in [6.45, 7) is 1.74. The minimum absolute atomic E-state index is 0. The van der Waals surface area contributed by atoms with Gasteiger partial charge in [-0.25, -0.2) is 9.13 Å². The summed E-state index contributed by atoms with van der Waals surface area (Å²) < 4.78 is 5.06. The molecule has 0 aliphatic heterocycles. The molecule has 1 aromatic heterocycles. The molecule has 0 aliphatic carbocycles. The fraction of sp³-hybridized carbons (Fsp3) is 0.156. The van der Waals surface area contributed by atoms with Crippen LogP contribution >= 0.6 is 15.9 Å². The van der Waals surface area contributed by atoms with Gasteiger partial charge in [-0.3, -0.25) is 0 Å². The molecule has 2 nitrogen and oxygen atoms in total. The Hall–Kier alpha value is -2.95. The summed E-state index contributed by atoms with van der Waals surface area (Å²) in [6.07, 6.45) is 2.13. The number of rotatable bonds is 7. The molecule has 0 saturated heterocycles. The quantitative estimate of drug-likeness (QED) is 0.186. The van der Waals surface area contributed by atoms with Crippen molar-refractivity contribution in [2.75, 3.05) is 5.33 Å². The topological polar surface area (TPSA) is 8.81 Å². The maximum atomic E-state index is 3.67. The van der Waals surface area contributed by atoms with Gasteiger partial charge in [0.2, 0.25) is 0 Å². The molecule has 0 aliphatic rings. The average molecular weight is 600 g/mol. The summed E-state index contributed by atoms with van der Waals surface area (Å²) in [6, 6.07) is 39.8. The molecular formula is C32H28Br2N2. The third-order valence-corrected chi connectivity index (χ3v) is 7.49. The molecule has 0 saturated carbocycles. The highest BCUT2D eigenvalue weighted by atomic mass is 79.9. The normalized spacial score (nSPS) is 11.2. The van der Waals surface area contributed by atoms with Gasteiger partial charge in [0.15, 0.2) is 11.0 Å². The van der Waals surface area contributed by atoms with Crippen molar-refractivity contribution in [3.63, 3.8) is 0 Å². The van der Waals surface area contributed by atoms with Gasteiger partial charge in [0.05, 0.1) is 6.42 Å². The van der Waals surface area contributed by atoms with Gasteiger partial charge < -0.3 is 17.0 Å². The summed E-state index contributed by atoms with van der Waals surface area (Å²) >= 11 is 3.67. The van der Waals surface area contributed by atoms with E-state index < -0.39 is 0 Å². The molecule has 0 spiro atoms. The number of nitrogens with zero attached hydrogens (tertiary/aromatic N) is 2. The fourth-order valence-corrected chi connectivity index (χ4v) is 5.51. The lowest BCUT2D eigenvalue weighted by molar-refractivity contribution is -0.671. The Balaban J connectivity index is 0.00000267. The van der Waals surface area contributed by atoms with Gasteiger partial charge in [0.1, 0.15) is 13.1 Å². The van der Waals surface area contributed by atoms with Crippen molar-refractivity contribution in [1.29, 1.82) is 0 Å². The zero-order valence-electron chi connectivity index (χ0n) is 20.1. The van der Waals surface area contributed by atoms with E-state index in [0.717, 1.165) is 31.3 Å². The first-order chi connectivity index (χ1) is 17.3. The van der Waals surface area contributed by atoms with Crippen LogP contribution in [-0.4, -0.2) is 9.90 Å². The molecule has 0 atom stereocenters. The van der Waals surface area contributed by atoms with Gasteiger partial charge in [-0.15, -0.1) is 0 Å². The molecule has 180 valence electrons. The monoisotopic (exact) mass is 598 g/mol. The molecule has 0 radical (unpaired) electrons. The maximum Gasteiger partial charge on any atom is 0.257 e. The molecule has 0 bridgehead atoms. The van der Waals surface area contributed by atoms with Crippen molar-refractivity contribution in [1.82, 2.24) is 4.57 Å². The predicted molar refractivity (Wildman–Crippen MR) is 150 cm³/mol. The van der Waals surface area contributed by atoms with E-state index >= 15 is 0 Å². The molecule has 36 heavy (non-hydrogen) atoms. The van der Waals surface area contributed by atoms with Crippen LogP contribution in [0.5, 0.6) is 0 Å². The first-order valence-corrected chi connectivity index (χ1v) is 13.4. The van der Waals surface area contributed by atoms with Crippen LogP contribution in [0.15, 0.2) is 109 Å². The number of hydrogen-bond donors (Lipinski definition) is 0. The molecule has 0 fully saturated rings. The maximum absolute atomic E-state index is 3.67. The fourth-order valence-electron chi connectivity index (χ4n) is 5.23. The number of benzene rings is 5. The zero-order chi connectivity index (χ0) is 23.6. The van der Waals surface area contributed by atoms with Crippen molar-refractivity contribution >= 4 is 48.5 Å². The molecule has 0 unspecified atom stereocenters. The second kappa shape index (κ2) is 11.0. The van der Waals surface area contributed by atoms with E-state index in [1.54, 1.807) is 0 Å². The summed E-state index contributed by atoms with van der Waals surface area (Å²) in [4.78, 5) is 0. The molecule has 4 heteroatoms. The number of aromatic nitrogens is 2. The van der Waals surface area contributed by atoms with E-state index in [-0.39, 0.29) is 17.0 Å². The van der Waals surface area contributed by atoms with Crippen molar-refractivity contribution in [3.05, 3.63) is 126 Å². The first-order valence-electron chi connectivity index (χ1n) is 12.3. The van der Waals surface area contributed by atoms with Gasteiger partial charge in [0, 0.05) is 5.33 Å². The van der Waals surface area contributed by atoms with Crippen LogP contribution in [0.1, 0.15) is 23.4 Å². The number of para-hydroxylation sites is 2. The minimum Gasteiger partial charge on any atom is -1.00 e. The van der Waals surface area contributed by atoms with Crippen molar-refractivity contribution in [2.45, 2.75) is 25.9 Å². The van der Waals surface area contributed by atoms with Crippen molar-refractivity contribution in [3.8, 4) is 0 Å². The van der Waals surface area contributed by atoms with Gasteiger partial charge in [-0.1, -0.05) is 101 Å². The Bertz CT molecular complexity index is 1530. The van der Waals surface area contributed by atoms with Gasteiger partial charge in [-0.2, -0.15) is 0 Å². The van der Waals surface area contributed by atoms with E-state index in [0.29, 0.717) is 0 Å². The van der Waals surface area contributed by atoms with Crippen LogP contribution in [0, 0.1) is 0 Å². The van der Waals surface area contributed by atoms with E-state index in [1.165, 1.54) is 49.5 Å². The summed E-state index contributed by atoms with van der Waals surface area (Å²) in [5, 5.41) is 6.18. The van der Waals surface area contributed by atoms with Crippen LogP contribution < -0.4 is 21.5 Å². The zero-order valence-corrected chi connectivity index (χ0v) is 23.3. The molecule has 0 N–H and O–H groups in total. The second-order valence-electron chi connectivity index (χ2n) is 9.23. The average Bonchev–Trinajstić information content (AvgIpc) is 3.19. The van der Waals surface area contributed by atoms with Crippen LogP contribution in [0.3, 0.4) is 0 Å². The van der Waals surface area contributed by atoms with Crippen LogP contribution in [0.2, 0.25) is 0 Å². The van der Waals surface area contributed by atoms with E-state index in [4.69, 9.17) is 0 Å². The van der Waals surface area contributed by atoms with E-state index in [2.05, 4.69) is 134 Å². The third kappa shape index (κ3) is 4.85. The lowest BCUT2D eigenvalue weighted by Gasteiger charge is -2.08. The molecule has 6 rings (SSSR count). The van der Waals surface area contributed by atoms with Crippen LogP contribution in [-0.2, 0) is 19.5 Å². The molecule has 6 aromatic rings. The smallest absolute Gasteiger partial charge is 0.257 e. The second-order valence-corrected chi connectivity index (χ2v) is 10.0. The SMILES string of the molecule is BrCCCc1n(Cc2ccc3ccccc3c2)c2ccccc2[n+]1Cc1ccc2ccccc2c1.[Br-]. The lowest BCUT2D eigenvalue weighted by atomic mass is 10.1. The number of hydrogen-bond acceptors (Lipinski definition) is 0. The summed E-state index contributed by atoms with van der Waals surface area (Å²) in [7, 11) is 0. The summed E-state index contributed by atoms with van der Waals surface area (Å²) in [5.41, 5.74) is 5.27. The molecular weight excluding hydrogens is 572 g/mol. The van der Waals surface area contributed by atoms with Crippen molar-refractivity contribution < 1.29 is 21.5 Å². The first kappa shape index (κ1) is 24.7. The number of halogens is 2. The highest BCUT2D eigenvalue weighted by Crippen LogP contribution is 2.22. The largest absolute Gasteiger partial charge is 1.00 e. The number of imidazole rings is 1. The molecule has 5 aromatic carbocycles. The Labute approximate surface area is 231 Å². The highest BCUT2D eigenvalue weighted by Gasteiger charge is 2.25. The minimum atomic E-state index is 0. The third-order valence-electron chi connectivity index (χ3n) is 6.93. The molecule has 1 heterocycles. The Kier molecular flexibility index (Phi) is 7.54. The molecule has 0 amide bonds. The number of alkyl halides is 1. The summed E-state index contributed by atoms with van der Waals surface area (Å²) in [5.74, 6) is 1.38. The van der Waals surface area contributed by atoms with E-state index in [9.17, 15) is 0 Å². The Morgan fingerprint density at radius 2 is 1.22 bits per heavy atom. The van der Waals surface area contributed by atoms with Gasteiger partial charge in [-0.05, 0) is 63.4 Å². The van der Waals surface area contributed by atoms with Gasteiger partial charge in [0.25, 0.3) is 5.82 Å². The van der Waals surface area contributed by atoms with Gasteiger partial charge >= 0.3 is 0 Å². The van der Waals surface area contributed by atoms with Crippen LogP contribution in [0.4, 0.5) is 0 Å². The lowest BCUT2D eigenvalue weighted by Crippen LogP contribution is -3.00. The standard InChI is InChI=1S/C32H28BrN2.BrH/c33-19-7-14-32-34(22-24-15-17-26-8-1-3-10-28(26)20-24)30-12-5-6-13-31(30)35(32)23-25-16-18-27-9-2-4-11-29(27)21-25;/h1-6,8-13,15-18,20-21H,7,14,19,22-23H2;1H/q+1;/p-1. The predicted octanol–water partition coefficient (Wildman–Crippen LogP) is 4.66. The Morgan fingerprint density at radius 3 is 1.92 bits per heavy atom. The van der Waals surface area contributed by atoms with Crippen LogP contribution in [0.25, 0.3) is 32.6 Å².